The van der Waals surface area contributed by atoms with E-state index in [-0.39, 0.29) is 37.3 Å². The van der Waals surface area contributed by atoms with Crippen molar-refractivity contribution in [2.45, 2.75) is 4.90 Å². The maximum Gasteiger partial charge on any atom is 0.342 e. The molecule has 3 aromatic rings. The lowest BCUT2D eigenvalue weighted by atomic mass is 10.2. The van der Waals surface area contributed by atoms with E-state index in [1.807, 2.05) is 0 Å². The highest BCUT2D eigenvalue weighted by atomic mass is 35.5. The molecular weight excluding hydrogens is 482 g/mol. The standard InChI is InChI=1S/C18H10Cl3FN2O5S/c19-9-6-14(24-30(27,28)10-4-5-11(20)12(21)7-10)17(23-8-9)29-15-3-1-2-13(22)16(15)18(25)26/h1-8,24H,(H,25,26). The van der Waals surface area contributed by atoms with Crippen LogP contribution in [0.2, 0.25) is 15.1 Å². The quantitative estimate of drug-likeness (QED) is 0.473. The van der Waals surface area contributed by atoms with E-state index in [0.717, 1.165) is 18.3 Å². The molecule has 12 heteroatoms. The minimum absolute atomic E-state index is 0.0195. The predicted molar refractivity (Wildman–Crippen MR) is 110 cm³/mol. The number of aromatic nitrogens is 1. The molecule has 1 aromatic heterocycles. The number of hydrogen-bond donors (Lipinski definition) is 2. The lowest BCUT2D eigenvalue weighted by molar-refractivity contribution is 0.0689. The number of carbonyl (C=O) groups is 1. The van der Waals surface area contributed by atoms with Crippen LogP contribution in [0.3, 0.4) is 0 Å². The highest BCUT2D eigenvalue weighted by Gasteiger charge is 2.22. The third-order valence-corrected chi connectivity index (χ3v) is 5.97. The van der Waals surface area contributed by atoms with Crippen LogP contribution < -0.4 is 9.46 Å². The van der Waals surface area contributed by atoms with Gasteiger partial charge in [-0.3, -0.25) is 4.72 Å². The number of hydrogen-bond acceptors (Lipinski definition) is 5. The molecule has 3 rings (SSSR count). The Morgan fingerprint density at radius 2 is 1.83 bits per heavy atom. The normalized spacial score (nSPS) is 11.2. The van der Waals surface area contributed by atoms with Gasteiger partial charge in [-0.25, -0.2) is 22.6 Å². The molecular formula is C18H10Cl3FN2O5S. The minimum atomic E-state index is -4.18. The van der Waals surface area contributed by atoms with Gasteiger partial charge in [0.25, 0.3) is 10.0 Å². The summed E-state index contributed by atoms with van der Waals surface area (Å²) in [5.41, 5.74) is -0.957. The van der Waals surface area contributed by atoms with Crippen LogP contribution in [0.1, 0.15) is 10.4 Å². The molecule has 0 aliphatic carbocycles. The summed E-state index contributed by atoms with van der Waals surface area (Å²) >= 11 is 17.6. The summed E-state index contributed by atoms with van der Waals surface area (Å²) in [7, 11) is -4.18. The van der Waals surface area contributed by atoms with E-state index in [4.69, 9.17) is 39.5 Å². The largest absolute Gasteiger partial charge is 0.477 e. The third-order valence-electron chi connectivity index (χ3n) is 3.66. The number of benzene rings is 2. The molecule has 1 heterocycles. The lowest BCUT2D eigenvalue weighted by Gasteiger charge is -2.14. The lowest BCUT2D eigenvalue weighted by Crippen LogP contribution is -2.14. The molecule has 2 N–H and O–H groups in total. The van der Waals surface area contributed by atoms with E-state index in [0.29, 0.717) is 0 Å². The summed E-state index contributed by atoms with van der Waals surface area (Å²) in [4.78, 5) is 15.0. The van der Waals surface area contributed by atoms with Crippen LogP contribution >= 0.6 is 34.8 Å². The van der Waals surface area contributed by atoms with Gasteiger partial charge in [0.05, 0.1) is 20.0 Å². The molecule has 2 aromatic carbocycles. The number of nitrogens with zero attached hydrogens (tertiary/aromatic N) is 1. The average molecular weight is 492 g/mol. The third kappa shape index (κ3) is 4.76. The summed E-state index contributed by atoms with van der Waals surface area (Å²) in [6.45, 7) is 0. The minimum Gasteiger partial charge on any atom is -0.477 e. The molecule has 0 aliphatic heterocycles. The van der Waals surface area contributed by atoms with Gasteiger partial charge in [0.1, 0.15) is 22.8 Å². The SMILES string of the molecule is O=C(O)c1c(F)cccc1Oc1ncc(Cl)cc1NS(=O)(=O)c1ccc(Cl)c(Cl)c1. The number of ether oxygens (including phenoxy) is 1. The monoisotopic (exact) mass is 490 g/mol. The second-order valence-corrected chi connectivity index (χ2v) is 8.64. The van der Waals surface area contributed by atoms with Crippen molar-refractivity contribution in [1.29, 1.82) is 0 Å². The Bertz CT molecular complexity index is 1250. The first kappa shape index (κ1) is 22.1. The molecule has 0 saturated carbocycles. The highest BCUT2D eigenvalue weighted by Crippen LogP contribution is 2.34. The van der Waals surface area contributed by atoms with Gasteiger partial charge in [-0.05, 0) is 36.4 Å². The fraction of sp³-hybridized carbons (Fsp3) is 0. The van der Waals surface area contributed by atoms with Crippen LogP contribution in [0.4, 0.5) is 10.1 Å². The Morgan fingerprint density at radius 3 is 2.50 bits per heavy atom. The number of rotatable bonds is 6. The average Bonchev–Trinajstić information content (AvgIpc) is 2.65. The number of sulfonamides is 1. The van der Waals surface area contributed by atoms with Crippen LogP contribution in [0.25, 0.3) is 0 Å². The zero-order valence-corrected chi connectivity index (χ0v) is 17.7. The van der Waals surface area contributed by atoms with Crippen LogP contribution in [-0.4, -0.2) is 24.5 Å². The molecule has 0 fully saturated rings. The first-order valence-corrected chi connectivity index (χ1v) is 10.5. The van der Waals surface area contributed by atoms with Gasteiger partial charge in [0.2, 0.25) is 5.88 Å². The maximum atomic E-state index is 13.9. The van der Waals surface area contributed by atoms with Crippen LogP contribution in [-0.2, 0) is 10.0 Å². The van der Waals surface area contributed by atoms with E-state index in [1.165, 1.54) is 30.3 Å². The molecule has 0 amide bonds. The Kier molecular flexibility index (Phi) is 6.37. The zero-order valence-electron chi connectivity index (χ0n) is 14.6. The van der Waals surface area contributed by atoms with Crippen LogP contribution in [0.15, 0.2) is 53.6 Å². The van der Waals surface area contributed by atoms with Gasteiger partial charge in [-0.2, -0.15) is 0 Å². The zero-order chi connectivity index (χ0) is 22.1. The number of aromatic carboxylic acids is 1. The first-order valence-electron chi connectivity index (χ1n) is 7.91. The maximum absolute atomic E-state index is 13.9. The van der Waals surface area contributed by atoms with Crippen LogP contribution in [0.5, 0.6) is 11.6 Å². The van der Waals surface area contributed by atoms with Crippen molar-refractivity contribution in [3.05, 3.63) is 75.1 Å². The number of anilines is 1. The number of carboxylic acid groups (broad SMARTS) is 1. The number of nitrogens with one attached hydrogen (secondary N) is 1. The molecule has 0 spiro atoms. The molecule has 156 valence electrons. The Hall–Kier alpha value is -2.59. The van der Waals surface area contributed by atoms with Gasteiger partial charge in [-0.1, -0.05) is 40.9 Å². The molecule has 7 nitrogen and oxygen atoms in total. The molecule has 0 unspecified atom stereocenters. The van der Waals surface area contributed by atoms with E-state index in [9.17, 15) is 22.7 Å². The Labute approximate surface area is 185 Å². The Balaban J connectivity index is 2.02. The topological polar surface area (TPSA) is 106 Å². The van der Waals surface area contributed by atoms with E-state index in [1.54, 1.807) is 0 Å². The molecule has 30 heavy (non-hydrogen) atoms. The first-order chi connectivity index (χ1) is 14.1. The summed E-state index contributed by atoms with van der Waals surface area (Å²) in [5, 5.41) is 9.47. The molecule has 0 saturated heterocycles. The van der Waals surface area contributed by atoms with E-state index < -0.39 is 27.4 Å². The number of pyridine rings is 1. The van der Waals surface area contributed by atoms with Crippen molar-refractivity contribution >= 4 is 56.5 Å². The van der Waals surface area contributed by atoms with Crippen molar-refractivity contribution in [2.75, 3.05) is 4.72 Å². The number of halogens is 4. The van der Waals surface area contributed by atoms with Crippen molar-refractivity contribution < 1.29 is 27.4 Å². The molecule has 0 atom stereocenters. The fourth-order valence-electron chi connectivity index (χ4n) is 2.33. The van der Waals surface area contributed by atoms with E-state index in [2.05, 4.69) is 9.71 Å². The summed E-state index contributed by atoms with van der Waals surface area (Å²) in [5.74, 6) is -3.34. The van der Waals surface area contributed by atoms with Crippen molar-refractivity contribution in [3.63, 3.8) is 0 Å². The van der Waals surface area contributed by atoms with Crippen LogP contribution in [0, 0.1) is 5.82 Å². The highest BCUT2D eigenvalue weighted by molar-refractivity contribution is 7.92. The molecule has 0 radical (unpaired) electrons. The molecule has 0 aliphatic rings. The second-order valence-electron chi connectivity index (χ2n) is 5.71. The van der Waals surface area contributed by atoms with E-state index >= 15 is 0 Å². The van der Waals surface area contributed by atoms with Gasteiger partial charge < -0.3 is 9.84 Å². The number of carboxylic acids is 1. The summed E-state index contributed by atoms with van der Waals surface area (Å²) < 4.78 is 47.0. The predicted octanol–water partition coefficient (Wildman–Crippen LogP) is 5.47. The fourth-order valence-corrected chi connectivity index (χ4v) is 3.92. The van der Waals surface area contributed by atoms with Gasteiger partial charge in [-0.15, -0.1) is 0 Å². The van der Waals surface area contributed by atoms with Crippen molar-refractivity contribution in [2.24, 2.45) is 0 Å². The van der Waals surface area contributed by atoms with Crippen molar-refractivity contribution in [3.8, 4) is 11.6 Å². The summed E-state index contributed by atoms with van der Waals surface area (Å²) in [6, 6.07) is 8.23. The van der Waals surface area contributed by atoms with Gasteiger partial charge in [0, 0.05) is 6.20 Å². The van der Waals surface area contributed by atoms with Gasteiger partial charge in [0.15, 0.2) is 0 Å². The van der Waals surface area contributed by atoms with Crippen molar-refractivity contribution in [1.82, 2.24) is 4.98 Å². The van der Waals surface area contributed by atoms with Gasteiger partial charge >= 0.3 is 5.97 Å². The molecule has 0 bridgehead atoms. The second kappa shape index (κ2) is 8.65. The Morgan fingerprint density at radius 1 is 1.10 bits per heavy atom. The summed E-state index contributed by atoms with van der Waals surface area (Å²) in [6.07, 6.45) is 1.15. The smallest absolute Gasteiger partial charge is 0.342 e.